The Hall–Kier alpha value is -1.52. The van der Waals surface area contributed by atoms with Gasteiger partial charge >= 0.3 is 6.09 Å². The van der Waals surface area contributed by atoms with Crippen LogP contribution < -0.4 is 5.73 Å². The molecule has 0 aliphatic heterocycles. The standard InChI is InChI=1S/C8H13N2O3/c1-3-5-13-8(12)10(4-2)6-7(9)11/h3H,1-2,4-6H2,(H2,9,11). The Bertz CT molecular complexity index is 204. The van der Waals surface area contributed by atoms with Gasteiger partial charge in [0.1, 0.15) is 13.2 Å². The van der Waals surface area contributed by atoms with Crippen molar-refractivity contribution in [2.75, 3.05) is 19.7 Å². The molecule has 0 unspecified atom stereocenters. The van der Waals surface area contributed by atoms with Gasteiger partial charge in [-0.3, -0.25) is 9.69 Å². The number of carbonyl (C=O) groups is 2. The van der Waals surface area contributed by atoms with Crippen LogP contribution in [0.25, 0.3) is 0 Å². The SMILES string of the molecule is [CH2]CN(CC(N)=O)C(=O)OCC=C. The molecule has 0 bridgehead atoms. The summed E-state index contributed by atoms with van der Waals surface area (Å²) in [5, 5.41) is 0. The first-order chi connectivity index (χ1) is 6.11. The Morgan fingerprint density at radius 2 is 2.15 bits per heavy atom. The van der Waals surface area contributed by atoms with Crippen molar-refractivity contribution in [2.45, 2.75) is 0 Å². The lowest BCUT2D eigenvalue weighted by molar-refractivity contribution is -0.118. The second kappa shape index (κ2) is 6.05. The summed E-state index contributed by atoms with van der Waals surface area (Å²) in [6.45, 7) is 6.90. The zero-order valence-electron chi connectivity index (χ0n) is 7.36. The summed E-state index contributed by atoms with van der Waals surface area (Å²) in [4.78, 5) is 22.7. The summed E-state index contributed by atoms with van der Waals surface area (Å²) in [5.74, 6) is -0.598. The molecule has 0 rings (SSSR count). The highest BCUT2D eigenvalue weighted by molar-refractivity contribution is 5.80. The first kappa shape index (κ1) is 11.5. The van der Waals surface area contributed by atoms with Gasteiger partial charge in [0, 0.05) is 6.54 Å². The second-order valence-electron chi connectivity index (χ2n) is 2.25. The lowest BCUT2D eigenvalue weighted by Crippen LogP contribution is -2.38. The summed E-state index contributed by atoms with van der Waals surface area (Å²) in [6, 6.07) is 0. The Balaban J connectivity index is 3.98. The van der Waals surface area contributed by atoms with Crippen molar-refractivity contribution in [3.8, 4) is 0 Å². The molecule has 13 heavy (non-hydrogen) atoms. The van der Waals surface area contributed by atoms with E-state index in [4.69, 9.17) is 5.73 Å². The molecule has 0 aliphatic rings. The minimum atomic E-state index is -0.617. The van der Waals surface area contributed by atoms with Crippen LogP contribution in [-0.4, -0.2) is 36.6 Å². The molecule has 0 spiro atoms. The van der Waals surface area contributed by atoms with Crippen molar-refractivity contribution in [1.29, 1.82) is 0 Å². The highest BCUT2D eigenvalue weighted by atomic mass is 16.6. The van der Waals surface area contributed by atoms with Crippen molar-refractivity contribution in [1.82, 2.24) is 4.90 Å². The molecule has 0 heterocycles. The Kier molecular flexibility index (Phi) is 5.34. The van der Waals surface area contributed by atoms with E-state index in [0.717, 1.165) is 4.90 Å². The van der Waals surface area contributed by atoms with Crippen molar-refractivity contribution < 1.29 is 14.3 Å². The lowest BCUT2D eigenvalue weighted by Gasteiger charge is -2.17. The van der Waals surface area contributed by atoms with Gasteiger partial charge in [-0.05, 0) is 6.92 Å². The van der Waals surface area contributed by atoms with Crippen LogP contribution in [0.15, 0.2) is 12.7 Å². The Labute approximate surface area is 77.1 Å². The molecule has 0 aliphatic carbocycles. The summed E-state index contributed by atoms with van der Waals surface area (Å²) in [6.07, 6.45) is 0.817. The molecule has 0 aromatic rings. The number of amides is 2. The van der Waals surface area contributed by atoms with E-state index < -0.39 is 12.0 Å². The van der Waals surface area contributed by atoms with Gasteiger partial charge in [0.2, 0.25) is 5.91 Å². The molecular formula is C8H13N2O3. The number of carbonyl (C=O) groups excluding carboxylic acids is 2. The van der Waals surface area contributed by atoms with Crippen molar-refractivity contribution in [2.24, 2.45) is 5.73 Å². The predicted molar refractivity (Wildman–Crippen MR) is 47.7 cm³/mol. The zero-order valence-corrected chi connectivity index (χ0v) is 7.36. The number of hydrogen-bond acceptors (Lipinski definition) is 3. The van der Waals surface area contributed by atoms with Crippen molar-refractivity contribution in [3.63, 3.8) is 0 Å². The van der Waals surface area contributed by atoms with Gasteiger partial charge in [0.05, 0.1) is 0 Å². The fraction of sp³-hybridized carbons (Fsp3) is 0.375. The molecule has 0 saturated carbocycles. The first-order valence-electron chi connectivity index (χ1n) is 3.72. The Morgan fingerprint density at radius 3 is 2.54 bits per heavy atom. The monoisotopic (exact) mass is 185 g/mol. The maximum absolute atomic E-state index is 11.1. The van der Waals surface area contributed by atoms with E-state index in [0.29, 0.717) is 0 Å². The topological polar surface area (TPSA) is 72.6 Å². The van der Waals surface area contributed by atoms with E-state index in [1.165, 1.54) is 6.08 Å². The summed E-state index contributed by atoms with van der Waals surface area (Å²) < 4.78 is 4.67. The predicted octanol–water partition coefficient (Wildman–Crippen LogP) is -0.0696. The molecule has 0 saturated heterocycles. The largest absolute Gasteiger partial charge is 0.445 e. The third kappa shape index (κ3) is 4.84. The van der Waals surface area contributed by atoms with Gasteiger partial charge < -0.3 is 10.5 Å². The molecule has 0 aromatic carbocycles. The van der Waals surface area contributed by atoms with E-state index >= 15 is 0 Å². The zero-order chi connectivity index (χ0) is 10.3. The van der Waals surface area contributed by atoms with Crippen molar-refractivity contribution >= 4 is 12.0 Å². The van der Waals surface area contributed by atoms with Gasteiger partial charge in [-0.2, -0.15) is 0 Å². The molecular weight excluding hydrogens is 172 g/mol. The number of rotatable bonds is 5. The smallest absolute Gasteiger partial charge is 0.410 e. The van der Waals surface area contributed by atoms with E-state index in [9.17, 15) is 9.59 Å². The minimum Gasteiger partial charge on any atom is -0.445 e. The fourth-order valence-corrected chi connectivity index (χ4v) is 0.645. The summed E-state index contributed by atoms with van der Waals surface area (Å²) in [7, 11) is 0. The maximum Gasteiger partial charge on any atom is 0.410 e. The second-order valence-corrected chi connectivity index (χ2v) is 2.25. The number of ether oxygens (including phenoxy) is 1. The molecule has 73 valence electrons. The van der Waals surface area contributed by atoms with Crippen molar-refractivity contribution in [3.05, 3.63) is 19.6 Å². The number of nitrogens with zero attached hydrogens (tertiary/aromatic N) is 1. The van der Waals surface area contributed by atoms with Gasteiger partial charge in [0.15, 0.2) is 0 Å². The van der Waals surface area contributed by atoms with Crippen LogP contribution in [0.3, 0.4) is 0 Å². The van der Waals surface area contributed by atoms with E-state index in [1.807, 2.05) is 0 Å². The molecule has 2 N–H and O–H groups in total. The number of primary amides is 1. The van der Waals surface area contributed by atoms with Crippen LogP contribution in [0.1, 0.15) is 0 Å². The highest BCUT2D eigenvalue weighted by Gasteiger charge is 2.14. The molecule has 0 fully saturated rings. The van der Waals surface area contributed by atoms with Crippen LogP contribution in [0, 0.1) is 6.92 Å². The van der Waals surface area contributed by atoms with E-state index in [1.54, 1.807) is 0 Å². The normalized spacial score (nSPS) is 9.00. The van der Waals surface area contributed by atoms with Gasteiger partial charge in [-0.1, -0.05) is 12.7 Å². The Morgan fingerprint density at radius 1 is 1.54 bits per heavy atom. The molecule has 5 nitrogen and oxygen atoms in total. The first-order valence-corrected chi connectivity index (χ1v) is 3.72. The molecule has 1 radical (unpaired) electrons. The maximum atomic E-state index is 11.1. The quantitative estimate of drug-likeness (QED) is 0.609. The third-order valence-electron chi connectivity index (χ3n) is 1.20. The van der Waals surface area contributed by atoms with Crippen LogP contribution in [0.5, 0.6) is 0 Å². The summed E-state index contributed by atoms with van der Waals surface area (Å²) >= 11 is 0. The van der Waals surface area contributed by atoms with E-state index in [-0.39, 0.29) is 19.7 Å². The third-order valence-corrected chi connectivity index (χ3v) is 1.20. The van der Waals surface area contributed by atoms with Crippen LogP contribution in [0.2, 0.25) is 0 Å². The fourth-order valence-electron chi connectivity index (χ4n) is 0.645. The highest BCUT2D eigenvalue weighted by Crippen LogP contribution is 1.92. The minimum absolute atomic E-state index is 0.105. The molecule has 0 aromatic heterocycles. The average molecular weight is 185 g/mol. The molecule has 2 amide bonds. The van der Waals surface area contributed by atoms with Crippen LogP contribution in [0.4, 0.5) is 4.79 Å². The lowest BCUT2D eigenvalue weighted by atomic mass is 10.5. The van der Waals surface area contributed by atoms with Gasteiger partial charge in [-0.25, -0.2) is 4.79 Å². The number of nitrogens with two attached hydrogens (primary N) is 1. The van der Waals surface area contributed by atoms with Gasteiger partial charge in [-0.15, -0.1) is 0 Å². The molecule has 0 atom stereocenters. The van der Waals surface area contributed by atoms with Gasteiger partial charge in [0.25, 0.3) is 0 Å². The number of hydrogen-bond donors (Lipinski definition) is 1. The molecule has 5 heteroatoms. The van der Waals surface area contributed by atoms with Crippen LogP contribution >= 0.6 is 0 Å². The average Bonchev–Trinajstić information content (AvgIpc) is 2.09. The van der Waals surface area contributed by atoms with Crippen LogP contribution in [-0.2, 0) is 9.53 Å². The summed E-state index contributed by atoms with van der Waals surface area (Å²) in [5.41, 5.74) is 4.90. The van der Waals surface area contributed by atoms with E-state index in [2.05, 4.69) is 18.2 Å².